The minimum Gasteiger partial charge on any atom is -0.493 e. The van der Waals surface area contributed by atoms with E-state index < -0.39 is 0 Å². The second-order valence-electron chi connectivity index (χ2n) is 5.07. The van der Waals surface area contributed by atoms with Gasteiger partial charge in [-0.3, -0.25) is 15.5 Å². The van der Waals surface area contributed by atoms with Crippen molar-refractivity contribution in [3.8, 4) is 11.5 Å². The first-order valence-corrected chi connectivity index (χ1v) is 8.33. The fraction of sp³-hybridized carbons (Fsp3) is 0.111. The number of rotatable bonds is 5. The Kier molecular flexibility index (Phi) is 5.25. The highest BCUT2D eigenvalue weighted by molar-refractivity contribution is 8.18. The number of amidine groups is 1. The Hall–Kier alpha value is -2.93. The predicted molar refractivity (Wildman–Crippen MR) is 101 cm³/mol. The molecule has 3 rings (SSSR count). The average molecular weight is 355 g/mol. The maximum absolute atomic E-state index is 12.1. The van der Waals surface area contributed by atoms with Crippen LogP contribution in [-0.4, -0.2) is 25.3 Å². The van der Waals surface area contributed by atoms with Gasteiger partial charge in [0.1, 0.15) is 0 Å². The summed E-state index contributed by atoms with van der Waals surface area (Å²) in [6.45, 7) is 0. The van der Waals surface area contributed by atoms with Crippen molar-refractivity contribution >= 4 is 34.6 Å². The highest BCUT2D eigenvalue weighted by Crippen LogP contribution is 2.31. The first kappa shape index (κ1) is 16.9. The number of anilines is 1. The quantitative estimate of drug-likeness (QED) is 0.636. The molecule has 1 fully saturated rings. The second-order valence-corrected chi connectivity index (χ2v) is 6.10. The summed E-state index contributed by atoms with van der Waals surface area (Å²) in [6.07, 6.45) is 1.78. The Morgan fingerprint density at radius 3 is 2.56 bits per heavy atom. The molecule has 25 heavy (non-hydrogen) atoms. The van der Waals surface area contributed by atoms with Crippen LogP contribution in [0.25, 0.3) is 6.08 Å². The number of nitrogens with one attached hydrogen (secondary N) is 2. The van der Waals surface area contributed by atoms with E-state index in [0.717, 1.165) is 11.3 Å². The van der Waals surface area contributed by atoms with Crippen LogP contribution in [0, 0.1) is 0 Å². The predicted octanol–water partition coefficient (Wildman–Crippen LogP) is 3.29. The number of carbonyl (C=O) groups is 1. The first-order valence-electron chi connectivity index (χ1n) is 7.51. The Morgan fingerprint density at radius 1 is 1.08 bits per heavy atom. The van der Waals surface area contributed by atoms with E-state index in [-0.39, 0.29) is 5.91 Å². The summed E-state index contributed by atoms with van der Waals surface area (Å²) in [4.78, 5) is 12.7. The maximum atomic E-state index is 12.1. The third kappa shape index (κ3) is 4.13. The van der Waals surface area contributed by atoms with Gasteiger partial charge in [-0.2, -0.15) is 0 Å². The summed E-state index contributed by atoms with van der Waals surface area (Å²) in [5, 5.41) is 7.44. The lowest BCUT2D eigenvalue weighted by Crippen LogP contribution is -2.20. The lowest BCUT2D eigenvalue weighted by molar-refractivity contribution is -0.115. The van der Waals surface area contributed by atoms with Crippen LogP contribution in [0.3, 0.4) is 0 Å². The lowest BCUT2D eigenvalue weighted by atomic mass is 10.2. The largest absolute Gasteiger partial charge is 0.493 e. The molecule has 0 radical (unpaired) electrons. The van der Waals surface area contributed by atoms with Gasteiger partial charge >= 0.3 is 0 Å². The van der Waals surface area contributed by atoms with Gasteiger partial charge in [-0.15, -0.1) is 5.10 Å². The molecule has 0 unspecified atom stereocenters. The molecular weight excluding hydrogens is 338 g/mol. The fourth-order valence-electron chi connectivity index (χ4n) is 2.20. The number of nitrogens with zero attached hydrogens (tertiary/aromatic N) is 1. The van der Waals surface area contributed by atoms with E-state index in [2.05, 4.69) is 15.8 Å². The van der Waals surface area contributed by atoms with E-state index in [4.69, 9.17) is 9.47 Å². The van der Waals surface area contributed by atoms with Crippen LogP contribution in [0.5, 0.6) is 11.5 Å². The molecule has 0 saturated carbocycles. The Bertz CT molecular complexity index is 835. The van der Waals surface area contributed by atoms with E-state index in [1.807, 2.05) is 42.5 Å². The third-order valence-electron chi connectivity index (χ3n) is 3.42. The Balaban J connectivity index is 1.75. The zero-order valence-electron chi connectivity index (χ0n) is 13.8. The van der Waals surface area contributed by atoms with Gasteiger partial charge in [-0.25, -0.2) is 0 Å². The molecule has 0 spiro atoms. The summed E-state index contributed by atoms with van der Waals surface area (Å²) >= 11 is 1.27. The summed E-state index contributed by atoms with van der Waals surface area (Å²) in [5.41, 5.74) is 4.60. The zero-order valence-corrected chi connectivity index (χ0v) is 14.6. The molecule has 1 aliphatic rings. The van der Waals surface area contributed by atoms with Crippen LogP contribution in [0.15, 0.2) is 58.5 Å². The number of methoxy groups -OCH3 is 2. The minimum atomic E-state index is -0.187. The van der Waals surface area contributed by atoms with Gasteiger partial charge in [0.25, 0.3) is 5.91 Å². The molecule has 0 atom stereocenters. The van der Waals surface area contributed by atoms with Gasteiger partial charge < -0.3 is 9.47 Å². The van der Waals surface area contributed by atoms with Crippen molar-refractivity contribution in [2.75, 3.05) is 19.6 Å². The van der Waals surface area contributed by atoms with Crippen molar-refractivity contribution in [3.05, 3.63) is 59.0 Å². The van der Waals surface area contributed by atoms with E-state index >= 15 is 0 Å². The van der Waals surface area contributed by atoms with Gasteiger partial charge in [0.05, 0.1) is 24.8 Å². The number of hydrogen-bond acceptors (Lipinski definition) is 6. The number of benzene rings is 2. The van der Waals surface area contributed by atoms with E-state index in [1.165, 1.54) is 11.8 Å². The van der Waals surface area contributed by atoms with Crippen molar-refractivity contribution in [3.63, 3.8) is 0 Å². The van der Waals surface area contributed by atoms with Crippen LogP contribution in [-0.2, 0) is 4.79 Å². The van der Waals surface area contributed by atoms with Crippen LogP contribution < -0.4 is 20.2 Å². The molecule has 2 aromatic carbocycles. The van der Waals surface area contributed by atoms with E-state index in [0.29, 0.717) is 21.6 Å². The standard InChI is InChI=1S/C18H17N3O3S/c1-23-14-9-8-12(10-15(14)24-2)11-16-17(22)19-18(25-16)21-20-13-6-4-3-5-7-13/h3-11,20H,1-2H3,(H,19,21,22). The van der Waals surface area contributed by atoms with Crippen molar-refractivity contribution < 1.29 is 14.3 Å². The summed E-state index contributed by atoms with van der Waals surface area (Å²) in [7, 11) is 3.16. The second kappa shape index (κ2) is 7.76. The number of hydrogen-bond donors (Lipinski definition) is 2. The Labute approximate surface area is 149 Å². The topological polar surface area (TPSA) is 72.0 Å². The molecule has 0 bridgehead atoms. The number of para-hydroxylation sites is 1. The number of thioether (sulfide) groups is 1. The van der Waals surface area contributed by atoms with Gasteiger partial charge in [0, 0.05) is 0 Å². The molecule has 2 N–H and O–H groups in total. The highest BCUT2D eigenvalue weighted by atomic mass is 32.2. The molecule has 1 saturated heterocycles. The van der Waals surface area contributed by atoms with E-state index in [1.54, 1.807) is 26.4 Å². The van der Waals surface area contributed by atoms with Gasteiger partial charge in [-0.1, -0.05) is 24.3 Å². The number of carbonyl (C=O) groups excluding carboxylic acids is 1. The molecule has 2 aromatic rings. The fourth-order valence-corrected chi connectivity index (χ4v) is 2.98. The normalized spacial score (nSPS) is 16.8. The maximum Gasteiger partial charge on any atom is 0.264 e. The highest BCUT2D eigenvalue weighted by Gasteiger charge is 2.24. The van der Waals surface area contributed by atoms with E-state index in [9.17, 15) is 4.79 Å². The van der Waals surface area contributed by atoms with Crippen LogP contribution in [0.2, 0.25) is 0 Å². The molecular formula is C18H17N3O3S. The molecule has 0 aromatic heterocycles. The van der Waals surface area contributed by atoms with Crippen LogP contribution in [0.1, 0.15) is 5.56 Å². The smallest absolute Gasteiger partial charge is 0.264 e. The number of ether oxygens (including phenoxy) is 2. The zero-order chi connectivity index (χ0) is 17.6. The number of hydrazone groups is 1. The third-order valence-corrected chi connectivity index (χ3v) is 4.33. The molecule has 0 aliphatic carbocycles. The molecule has 7 heteroatoms. The molecule has 6 nitrogen and oxygen atoms in total. The number of amides is 1. The summed E-state index contributed by atoms with van der Waals surface area (Å²) < 4.78 is 10.5. The Morgan fingerprint density at radius 2 is 1.84 bits per heavy atom. The minimum absolute atomic E-state index is 0.187. The molecule has 1 amide bonds. The SMILES string of the molecule is COc1ccc(C=C2SC(=NNc3ccccc3)NC2=O)cc1OC. The van der Waals surface area contributed by atoms with Gasteiger partial charge in [-0.05, 0) is 47.7 Å². The van der Waals surface area contributed by atoms with Crippen molar-refractivity contribution in [1.29, 1.82) is 0 Å². The monoisotopic (exact) mass is 355 g/mol. The van der Waals surface area contributed by atoms with Crippen LogP contribution in [0.4, 0.5) is 5.69 Å². The van der Waals surface area contributed by atoms with Crippen molar-refractivity contribution in [2.24, 2.45) is 5.10 Å². The summed E-state index contributed by atoms with van der Waals surface area (Å²) in [5.74, 6) is 1.07. The van der Waals surface area contributed by atoms with Gasteiger partial charge in [0.2, 0.25) is 0 Å². The molecule has 1 aliphatic heterocycles. The van der Waals surface area contributed by atoms with Crippen LogP contribution >= 0.6 is 11.8 Å². The molecule has 1 heterocycles. The summed E-state index contributed by atoms with van der Waals surface area (Å²) in [6, 6.07) is 15.0. The molecule has 128 valence electrons. The van der Waals surface area contributed by atoms with Crippen molar-refractivity contribution in [2.45, 2.75) is 0 Å². The average Bonchev–Trinajstić information content (AvgIpc) is 3.00. The van der Waals surface area contributed by atoms with Crippen molar-refractivity contribution in [1.82, 2.24) is 5.32 Å². The van der Waals surface area contributed by atoms with Gasteiger partial charge in [0.15, 0.2) is 16.7 Å². The first-order chi connectivity index (χ1) is 12.2. The lowest BCUT2D eigenvalue weighted by Gasteiger charge is -2.07.